The van der Waals surface area contributed by atoms with Gasteiger partial charge in [0.2, 0.25) is 0 Å². The Kier molecular flexibility index (Phi) is 50.1. The fourth-order valence-electron chi connectivity index (χ4n) is 6.46. The van der Waals surface area contributed by atoms with Crippen molar-refractivity contribution in [2.75, 3.05) is 13.2 Å². The zero-order valence-electron chi connectivity index (χ0n) is 42.6. The molecule has 0 heterocycles. The Morgan fingerprint density at radius 3 is 0.970 bits per heavy atom. The first kappa shape index (κ1) is 62.3. The SMILES string of the molecule is CC/C=C\C/C=C\C/C=C\C/C=C\C/C=C\C/C=C\C/C=C\C/C=C\C/C=C\CCCC(=O)OCC(COC(=O)CCCCCCC)OC(=O)CCCCCCC/C=C\C/C=C\C/C=C\CC. The maximum absolute atomic E-state index is 12.7. The first-order valence-electron chi connectivity index (χ1n) is 26.3. The van der Waals surface area contributed by atoms with E-state index in [1.165, 1.54) is 0 Å². The lowest BCUT2D eigenvalue weighted by Gasteiger charge is -2.18. The van der Waals surface area contributed by atoms with Crippen LogP contribution in [0.1, 0.15) is 201 Å². The predicted octanol–water partition coefficient (Wildman–Crippen LogP) is 17.6. The van der Waals surface area contributed by atoms with E-state index in [4.69, 9.17) is 14.2 Å². The molecule has 6 nitrogen and oxygen atoms in total. The Balaban J connectivity index is 4.28. The van der Waals surface area contributed by atoms with Crippen LogP contribution in [0.3, 0.4) is 0 Å². The Hall–Kier alpha value is -4.71. The highest BCUT2D eigenvalue weighted by atomic mass is 16.6. The van der Waals surface area contributed by atoms with Crippen molar-refractivity contribution < 1.29 is 28.6 Å². The zero-order valence-corrected chi connectivity index (χ0v) is 42.6. The van der Waals surface area contributed by atoms with Gasteiger partial charge in [-0.15, -0.1) is 0 Å². The minimum atomic E-state index is -0.812. The largest absolute Gasteiger partial charge is 0.462 e. The van der Waals surface area contributed by atoms with Gasteiger partial charge in [-0.05, 0) is 116 Å². The molecular weight excluding hydrogens is 829 g/mol. The first-order valence-corrected chi connectivity index (χ1v) is 26.3. The van der Waals surface area contributed by atoms with Crippen molar-refractivity contribution in [2.24, 2.45) is 0 Å². The van der Waals surface area contributed by atoms with E-state index in [0.29, 0.717) is 19.3 Å². The number of allylic oxidation sites excluding steroid dienone is 24. The van der Waals surface area contributed by atoms with Gasteiger partial charge >= 0.3 is 17.9 Å². The average Bonchev–Trinajstić information content (AvgIpc) is 3.33. The predicted molar refractivity (Wildman–Crippen MR) is 288 cm³/mol. The van der Waals surface area contributed by atoms with Crippen molar-refractivity contribution in [1.82, 2.24) is 0 Å². The third-order valence-electron chi connectivity index (χ3n) is 10.3. The van der Waals surface area contributed by atoms with E-state index in [2.05, 4.69) is 167 Å². The second-order valence-electron chi connectivity index (χ2n) is 16.7. The van der Waals surface area contributed by atoms with E-state index in [9.17, 15) is 14.4 Å². The van der Waals surface area contributed by atoms with Crippen molar-refractivity contribution >= 4 is 17.9 Å². The highest BCUT2D eigenvalue weighted by molar-refractivity contribution is 5.71. The molecule has 0 saturated carbocycles. The van der Waals surface area contributed by atoms with Crippen LogP contribution in [0, 0.1) is 0 Å². The summed E-state index contributed by atoms with van der Waals surface area (Å²) in [5, 5.41) is 0. The van der Waals surface area contributed by atoms with E-state index in [-0.39, 0.29) is 37.5 Å². The van der Waals surface area contributed by atoms with Gasteiger partial charge in [0.25, 0.3) is 0 Å². The summed E-state index contributed by atoms with van der Waals surface area (Å²) in [6, 6.07) is 0. The van der Waals surface area contributed by atoms with Crippen molar-refractivity contribution in [3.8, 4) is 0 Å². The minimum Gasteiger partial charge on any atom is -0.462 e. The van der Waals surface area contributed by atoms with Crippen molar-refractivity contribution in [3.63, 3.8) is 0 Å². The van der Waals surface area contributed by atoms with Gasteiger partial charge in [-0.3, -0.25) is 14.4 Å². The first-order chi connectivity index (χ1) is 33.0. The number of unbranched alkanes of at least 4 members (excludes halogenated alkanes) is 10. The Bertz CT molecular complexity index is 1530. The van der Waals surface area contributed by atoms with Gasteiger partial charge < -0.3 is 14.2 Å². The summed E-state index contributed by atoms with van der Waals surface area (Å²) in [5.41, 5.74) is 0. The summed E-state index contributed by atoms with van der Waals surface area (Å²) in [5.74, 6) is -1.02. The van der Waals surface area contributed by atoms with Gasteiger partial charge in [0.05, 0.1) is 0 Å². The van der Waals surface area contributed by atoms with Crippen LogP contribution >= 0.6 is 0 Å². The van der Waals surface area contributed by atoms with Crippen LogP contribution in [0.15, 0.2) is 146 Å². The second kappa shape index (κ2) is 53.9. The third kappa shape index (κ3) is 52.1. The van der Waals surface area contributed by atoms with E-state index in [1.807, 2.05) is 0 Å². The molecule has 1 atom stereocenters. The van der Waals surface area contributed by atoms with Gasteiger partial charge in [0.15, 0.2) is 6.10 Å². The van der Waals surface area contributed by atoms with Crippen molar-refractivity contribution in [2.45, 2.75) is 207 Å². The smallest absolute Gasteiger partial charge is 0.306 e. The van der Waals surface area contributed by atoms with Crippen LogP contribution < -0.4 is 0 Å². The maximum atomic E-state index is 12.7. The number of carbonyl (C=O) groups is 3. The zero-order chi connectivity index (χ0) is 48.6. The number of ether oxygens (including phenoxy) is 3. The summed E-state index contributed by atoms with van der Waals surface area (Å²) >= 11 is 0. The molecule has 0 fully saturated rings. The molecule has 0 aliphatic heterocycles. The van der Waals surface area contributed by atoms with E-state index in [0.717, 1.165) is 154 Å². The molecule has 6 heteroatoms. The normalized spacial score (nSPS) is 13.3. The molecule has 0 aromatic carbocycles. The topological polar surface area (TPSA) is 78.9 Å². The van der Waals surface area contributed by atoms with Gasteiger partial charge in [-0.2, -0.15) is 0 Å². The summed E-state index contributed by atoms with van der Waals surface area (Å²) in [4.78, 5) is 37.6. The molecule has 0 N–H and O–H groups in total. The lowest BCUT2D eigenvalue weighted by atomic mass is 10.1. The highest BCUT2D eigenvalue weighted by Gasteiger charge is 2.19. The summed E-state index contributed by atoms with van der Waals surface area (Å²) in [6.45, 7) is 6.23. The number of carbonyl (C=O) groups excluding carboxylic acids is 3. The van der Waals surface area contributed by atoms with E-state index < -0.39 is 6.10 Å². The molecule has 67 heavy (non-hydrogen) atoms. The molecule has 0 aromatic heterocycles. The monoisotopic (exact) mass is 923 g/mol. The molecule has 0 rings (SSSR count). The Morgan fingerprint density at radius 1 is 0.313 bits per heavy atom. The quantitative estimate of drug-likeness (QED) is 0.0262. The minimum absolute atomic E-state index is 0.110. The number of esters is 3. The van der Waals surface area contributed by atoms with Crippen LogP contribution in [-0.2, 0) is 28.6 Å². The molecule has 0 bridgehead atoms. The molecule has 0 radical (unpaired) electrons. The Labute approximate surface area is 410 Å². The molecule has 0 saturated heterocycles. The average molecular weight is 923 g/mol. The lowest BCUT2D eigenvalue weighted by Crippen LogP contribution is -2.30. The molecule has 0 aromatic rings. The number of hydrogen-bond acceptors (Lipinski definition) is 6. The molecule has 374 valence electrons. The fourth-order valence-corrected chi connectivity index (χ4v) is 6.46. The number of rotatable bonds is 45. The van der Waals surface area contributed by atoms with E-state index in [1.54, 1.807) is 0 Å². The van der Waals surface area contributed by atoms with Crippen LogP contribution in [-0.4, -0.2) is 37.2 Å². The van der Waals surface area contributed by atoms with Gasteiger partial charge in [-0.1, -0.05) is 212 Å². The Morgan fingerprint density at radius 2 is 0.597 bits per heavy atom. The summed E-state index contributed by atoms with van der Waals surface area (Å²) < 4.78 is 16.6. The van der Waals surface area contributed by atoms with E-state index >= 15 is 0 Å². The fraction of sp³-hybridized carbons (Fsp3) is 0.557. The van der Waals surface area contributed by atoms with Crippen LogP contribution in [0.4, 0.5) is 0 Å². The summed E-state index contributed by atoms with van der Waals surface area (Å²) in [7, 11) is 0. The van der Waals surface area contributed by atoms with Gasteiger partial charge in [0.1, 0.15) is 13.2 Å². The van der Waals surface area contributed by atoms with Gasteiger partial charge in [0, 0.05) is 19.3 Å². The second-order valence-corrected chi connectivity index (χ2v) is 16.7. The summed E-state index contributed by atoms with van der Waals surface area (Å²) in [6.07, 6.45) is 77.4. The van der Waals surface area contributed by atoms with Crippen LogP contribution in [0.25, 0.3) is 0 Å². The number of hydrogen-bond donors (Lipinski definition) is 0. The van der Waals surface area contributed by atoms with Crippen molar-refractivity contribution in [1.29, 1.82) is 0 Å². The molecule has 0 aliphatic rings. The molecule has 0 amide bonds. The van der Waals surface area contributed by atoms with Gasteiger partial charge in [-0.25, -0.2) is 0 Å². The maximum Gasteiger partial charge on any atom is 0.306 e. The third-order valence-corrected chi connectivity index (χ3v) is 10.3. The van der Waals surface area contributed by atoms with Crippen LogP contribution in [0.2, 0.25) is 0 Å². The molecule has 1 unspecified atom stereocenters. The molecular formula is C61H94O6. The standard InChI is InChI=1S/C61H94O6/c1-4-7-10-13-15-17-19-21-23-24-25-26-27-28-29-30-31-32-33-34-35-36-38-39-41-43-45-48-51-54-60(63)66-57-58(56-65-59(62)53-50-47-12-9-6-3)67-61(64)55-52-49-46-44-42-40-37-22-20-18-16-14-11-8-5-2/h7-8,10-11,15-18,21-23,25-26,28-29,31-32,34-35,37-39,43,45,58H,4-6,9,12-14,19-20,24,27,30,33,36,40-42,44,46-57H2,1-3H3/b10-7-,11-8-,17-15-,18-16-,23-21-,26-25-,29-28-,32-31-,35-34-,37-22-,39-38-,45-43-. The molecule has 0 spiro atoms. The molecule has 0 aliphatic carbocycles. The highest BCUT2D eigenvalue weighted by Crippen LogP contribution is 2.12. The van der Waals surface area contributed by atoms with Crippen LogP contribution in [0.5, 0.6) is 0 Å². The lowest BCUT2D eigenvalue weighted by molar-refractivity contribution is -0.167. The van der Waals surface area contributed by atoms with Crippen molar-refractivity contribution in [3.05, 3.63) is 146 Å².